The minimum atomic E-state index is -1.93. The van der Waals surface area contributed by atoms with Crippen LogP contribution in [-0.4, -0.2) is 48.9 Å². The Labute approximate surface area is 282 Å². The van der Waals surface area contributed by atoms with E-state index in [4.69, 9.17) is 14.6 Å². The van der Waals surface area contributed by atoms with E-state index in [9.17, 15) is 0 Å². The minimum Gasteiger partial charge on any atom is -0.417 e. The fourth-order valence-electron chi connectivity index (χ4n) is 8.88. The molecule has 3 aliphatic carbocycles. The summed E-state index contributed by atoms with van der Waals surface area (Å²) in [6, 6.07) is 0. The molecule has 0 radical (unpaired) electrons. The summed E-state index contributed by atoms with van der Waals surface area (Å²) in [7, 11) is -3.82. The van der Waals surface area contributed by atoms with Gasteiger partial charge in [0, 0.05) is 19.3 Å². The van der Waals surface area contributed by atoms with Crippen LogP contribution in [0.25, 0.3) is 11.2 Å². The number of hydrogen-bond acceptors (Lipinski definition) is 6. The maximum absolute atomic E-state index is 7.17. The molecule has 0 aromatic carbocycles. The largest absolute Gasteiger partial charge is 0.417 e. The van der Waals surface area contributed by atoms with Gasteiger partial charge in [-0.05, 0) is 116 Å². The first-order valence-electron chi connectivity index (χ1n) is 18.0. The van der Waals surface area contributed by atoms with Gasteiger partial charge in [0.05, 0.1) is 6.33 Å². The van der Waals surface area contributed by atoms with Crippen molar-refractivity contribution < 1.29 is 8.85 Å². The van der Waals surface area contributed by atoms with Crippen molar-refractivity contribution in [1.29, 1.82) is 0 Å². The Kier molecular flexibility index (Phi) is 9.40. The summed E-state index contributed by atoms with van der Waals surface area (Å²) in [5.41, 5.74) is 9.60. The number of rotatable bonds is 8. The maximum atomic E-state index is 7.17. The van der Waals surface area contributed by atoms with E-state index in [0.717, 1.165) is 38.1 Å². The molecular weight excluding hydrogens is 603 g/mol. The second-order valence-electron chi connectivity index (χ2n) is 18.9. The molecule has 3 saturated carbocycles. The number of fused-ring (bicyclic) bond motifs is 2. The Hall–Kier alpha value is -1.56. The number of allylic oxidation sites excluding steroid dienone is 1. The second-order valence-corrected chi connectivity index (χ2v) is 28.4. The van der Waals surface area contributed by atoms with Crippen LogP contribution >= 0.6 is 0 Å². The number of anilines is 1. The molecule has 0 spiro atoms. The lowest BCUT2D eigenvalue weighted by atomic mass is 9.49. The number of imidazole rings is 1. The van der Waals surface area contributed by atoms with E-state index in [0.29, 0.717) is 41.1 Å². The molecule has 0 aliphatic heterocycles. The van der Waals surface area contributed by atoms with Gasteiger partial charge in [-0.15, -0.1) is 0 Å². The number of aromatic nitrogens is 4. The first-order chi connectivity index (χ1) is 21.1. The summed E-state index contributed by atoms with van der Waals surface area (Å²) in [5, 5.41) is 0.381. The highest BCUT2D eigenvalue weighted by Gasteiger charge is 2.57. The Morgan fingerprint density at radius 1 is 0.935 bits per heavy atom. The van der Waals surface area contributed by atoms with Gasteiger partial charge in [-0.1, -0.05) is 67.5 Å². The highest BCUT2D eigenvalue weighted by atomic mass is 28.4. The van der Waals surface area contributed by atoms with Crippen molar-refractivity contribution >= 4 is 33.6 Å². The van der Waals surface area contributed by atoms with Gasteiger partial charge in [-0.2, -0.15) is 0 Å². The van der Waals surface area contributed by atoms with E-state index in [2.05, 4.69) is 108 Å². The zero-order chi connectivity index (χ0) is 34.1. The molecule has 3 fully saturated rings. The first-order valence-corrected chi connectivity index (χ1v) is 23.8. The van der Waals surface area contributed by atoms with E-state index in [1.165, 1.54) is 31.3 Å². The molecule has 5 rings (SSSR count). The van der Waals surface area contributed by atoms with Crippen molar-refractivity contribution in [3.63, 3.8) is 0 Å². The third kappa shape index (κ3) is 6.31. The normalized spacial score (nSPS) is 33.0. The molecule has 258 valence electrons. The number of nitrogens with zero attached hydrogens (tertiary/aromatic N) is 4. The van der Waals surface area contributed by atoms with Crippen molar-refractivity contribution in [1.82, 2.24) is 19.5 Å². The van der Waals surface area contributed by atoms with Gasteiger partial charge >= 0.3 is 0 Å². The third-order valence-electron chi connectivity index (χ3n) is 14.3. The summed E-state index contributed by atoms with van der Waals surface area (Å²) in [5.74, 6) is 2.55. The van der Waals surface area contributed by atoms with Crippen LogP contribution in [0.1, 0.15) is 100 Å². The number of hydrogen-bond donors (Lipinski definition) is 1. The lowest BCUT2D eigenvalue weighted by Crippen LogP contribution is -2.54. The smallest absolute Gasteiger partial charge is 0.192 e. The topological polar surface area (TPSA) is 88.1 Å². The molecule has 2 heterocycles. The molecule has 7 nitrogen and oxygen atoms in total. The van der Waals surface area contributed by atoms with Gasteiger partial charge in [0.2, 0.25) is 0 Å². The molecule has 46 heavy (non-hydrogen) atoms. The van der Waals surface area contributed by atoms with E-state index in [-0.39, 0.29) is 20.9 Å². The summed E-state index contributed by atoms with van der Waals surface area (Å²) >= 11 is 0. The Morgan fingerprint density at radius 2 is 1.61 bits per heavy atom. The summed E-state index contributed by atoms with van der Waals surface area (Å²) < 4.78 is 16.6. The fraction of sp³-hybridized carbons (Fsp3) is 0.811. The zero-order valence-electron chi connectivity index (χ0n) is 31.3. The second kappa shape index (κ2) is 12.1. The lowest BCUT2D eigenvalue weighted by Gasteiger charge is -2.58. The van der Waals surface area contributed by atoms with Crippen molar-refractivity contribution in [3.05, 3.63) is 24.8 Å². The van der Waals surface area contributed by atoms with Crippen LogP contribution in [0, 0.1) is 34.5 Å². The molecule has 2 N–H and O–H groups in total. The first kappa shape index (κ1) is 35.7. The molecule has 2 aromatic heterocycles. The number of nitrogen functional groups attached to an aromatic ring is 1. The molecule has 0 bridgehead atoms. The van der Waals surface area contributed by atoms with E-state index >= 15 is 0 Å². The summed E-state index contributed by atoms with van der Waals surface area (Å²) in [4.78, 5) is 13.6. The van der Waals surface area contributed by atoms with Crippen molar-refractivity contribution in [2.75, 3.05) is 12.3 Å². The quantitative estimate of drug-likeness (QED) is 0.223. The SMILES string of the molecule is C=C1CC[C@H]2[C@H](Cn3cnc4c(N)ncnc43)[C@@H]([C@]3(C)CC[C@H](O[Si](C)(C)C(C)(C)C)C[C@@H]3CO[Si](C)(C)C(C)(C)C)CC[C@]12C. The zero-order valence-corrected chi connectivity index (χ0v) is 33.3. The predicted octanol–water partition coefficient (Wildman–Crippen LogP) is 9.63. The Balaban J connectivity index is 1.52. The number of nitrogens with two attached hydrogens (primary N) is 1. The standard InChI is InChI=1S/C37H65N5O2Si2/c1-25-14-15-29-28(21-42-24-41-31-32(38)39-23-40-33(31)42)30(17-19-36(25,29)8)37(9)18-16-27(44-46(12,13)35(5,6)7)20-26(37)22-43-45(10,11)34(2,3)4/h23-24,26-30H,1,14-22H2,2-13H3,(H2,38,39,40)/t26-,27+,28+,29+,30+,36-,37-/m1/s1. The molecule has 0 saturated heterocycles. The van der Waals surface area contributed by atoms with Gasteiger partial charge in [-0.3, -0.25) is 0 Å². The Bertz CT molecular complexity index is 1420. The average molecular weight is 668 g/mol. The molecule has 2 aromatic rings. The lowest BCUT2D eigenvalue weighted by molar-refractivity contribution is -0.0939. The summed E-state index contributed by atoms with van der Waals surface area (Å²) in [6.45, 7) is 35.3. The minimum absolute atomic E-state index is 0.149. The van der Waals surface area contributed by atoms with E-state index < -0.39 is 16.6 Å². The highest BCUT2D eigenvalue weighted by Crippen LogP contribution is 2.64. The van der Waals surface area contributed by atoms with Gasteiger partial charge in [0.15, 0.2) is 28.1 Å². The maximum Gasteiger partial charge on any atom is 0.192 e. The highest BCUT2D eigenvalue weighted by molar-refractivity contribution is 6.74. The monoisotopic (exact) mass is 667 g/mol. The Morgan fingerprint density at radius 3 is 2.26 bits per heavy atom. The van der Waals surface area contributed by atoms with Crippen molar-refractivity contribution in [2.45, 2.75) is 149 Å². The fourth-order valence-corrected chi connectivity index (χ4v) is 11.3. The van der Waals surface area contributed by atoms with Crippen LogP contribution in [0.15, 0.2) is 24.8 Å². The van der Waals surface area contributed by atoms with Crippen LogP contribution in [0.2, 0.25) is 36.3 Å². The summed E-state index contributed by atoms with van der Waals surface area (Å²) in [6.07, 6.45) is 12.1. The molecule has 0 unspecified atom stereocenters. The third-order valence-corrected chi connectivity index (χ3v) is 23.3. The predicted molar refractivity (Wildman–Crippen MR) is 197 cm³/mol. The van der Waals surface area contributed by atoms with Crippen LogP contribution in [0.5, 0.6) is 0 Å². The molecule has 0 amide bonds. The van der Waals surface area contributed by atoms with Gasteiger partial charge in [0.1, 0.15) is 11.8 Å². The average Bonchev–Trinajstić information content (AvgIpc) is 3.49. The molecule has 7 atom stereocenters. The molecular formula is C37H65N5O2Si2. The van der Waals surface area contributed by atoms with E-state index in [1.54, 1.807) is 6.33 Å². The van der Waals surface area contributed by atoms with Crippen LogP contribution in [0.4, 0.5) is 5.82 Å². The van der Waals surface area contributed by atoms with Gasteiger partial charge in [0.25, 0.3) is 0 Å². The van der Waals surface area contributed by atoms with Crippen LogP contribution < -0.4 is 5.73 Å². The van der Waals surface area contributed by atoms with Crippen molar-refractivity contribution in [3.8, 4) is 0 Å². The molecule has 3 aliphatic rings. The molecule has 9 heteroatoms. The van der Waals surface area contributed by atoms with Gasteiger partial charge in [-0.25, -0.2) is 15.0 Å². The van der Waals surface area contributed by atoms with Crippen molar-refractivity contribution in [2.24, 2.45) is 34.5 Å². The van der Waals surface area contributed by atoms with Gasteiger partial charge < -0.3 is 19.2 Å². The van der Waals surface area contributed by atoms with E-state index in [1.807, 2.05) is 6.33 Å². The van der Waals surface area contributed by atoms with Crippen LogP contribution in [-0.2, 0) is 15.4 Å². The van der Waals surface area contributed by atoms with Crippen LogP contribution in [0.3, 0.4) is 0 Å².